The van der Waals surface area contributed by atoms with Crippen LogP contribution in [0.25, 0.3) is 16.3 Å². The first-order valence-electron chi connectivity index (χ1n) is 5.72. The number of benzene rings is 1. The molecule has 2 aromatic rings. The fraction of sp³-hybridized carbons (Fsp3) is 0.143. The monoisotopic (exact) mass is 281 g/mol. The highest BCUT2D eigenvalue weighted by Crippen LogP contribution is 2.46. The van der Waals surface area contributed by atoms with Crippen molar-refractivity contribution in [3.8, 4) is 0 Å². The zero-order valence-electron chi connectivity index (χ0n) is 9.91. The molecule has 1 heterocycles. The number of aromatic nitrogens is 1. The number of hydrogen-bond acceptors (Lipinski definition) is 2. The van der Waals surface area contributed by atoms with Crippen LogP contribution < -0.4 is 0 Å². The number of hydrogen-bond donors (Lipinski definition) is 0. The van der Waals surface area contributed by atoms with Gasteiger partial charge in [-0.05, 0) is 11.5 Å². The van der Waals surface area contributed by atoms with E-state index in [4.69, 9.17) is 0 Å². The average Bonchev–Trinajstić information content (AvgIpc) is 2.58. The minimum atomic E-state index is -4.24. The molecule has 102 valence electrons. The molecule has 0 N–H and O–H groups in total. The summed E-state index contributed by atoms with van der Waals surface area (Å²) in [7, 11) is 0. The van der Waals surface area contributed by atoms with Gasteiger partial charge < -0.3 is 0 Å². The fourth-order valence-electron chi connectivity index (χ4n) is 2.22. The molecule has 1 aromatic carbocycles. The lowest BCUT2D eigenvalue weighted by Gasteiger charge is -2.13. The van der Waals surface area contributed by atoms with Crippen LogP contribution in [-0.2, 0) is 4.79 Å². The van der Waals surface area contributed by atoms with Crippen LogP contribution in [0.3, 0.4) is 0 Å². The summed E-state index contributed by atoms with van der Waals surface area (Å²) in [6.07, 6.45) is 1.25. The molecule has 0 bridgehead atoms. The minimum absolute atomic E-state index is 0.00407. The SMILES string of the molecule is O=C1C(F)(F)C=C(c2nccc3ccccc23)C1(F)F. The lowest BCUT2D eigenvalue weighted by Crippen LogP contribution is -2.35. The van der Waals surface area contributed by atoms with Crippen LogP contribution in [0.2, 0.25) is 0 Å². The first-order valence-corrected chi connectivity index (χ1v) is 5.72. The summed E-state index contributed by atoms with van der Waals surface area (Å²) >= 11 is 0. The smallest absolute Gasteiger partial charge is 0.285 e. The Kier molecular flexibility index (Phi) is 2.48. The van der Waals surface area contributed by atoms with Gasteiger partial charge in [-0.15, -0.1) is 0 Å². The summed E-state index contributed by atoms with van der Waals surface area (Å²) in [5.74, 6) is -10.8. The van der Waals surface area contributed by atoms with Gasteiger partial charge >= 0.3 is 11.8 Å². The van der Waals surface area contributed by atoms with Gasteiger partial charge in [0.2, 0.25) is 0 Å². The van der Waals surface area contributed by atoms with Crippen molar-refractivity contribution in [2.75, 3.05) is 0 Å². The predicted molar refractivity (Wildman–Crippen MR) is 64.6 cm³/mol. The number of halogens is 4. The molecular formula is C14H7F4NO. The van der Waals surface area contributed by atoms with E-state index in [1.54, 1.807) is 24.3 Å². The number of carbonyl (C=O) groups is 1. The Balaban J connectivity index is 2.29. The van der Waals surface area contributed by atoms with Gasteiger partial charge in [0.25, 0.3) is 5.78 Å². The highest BCUT2D eigenvalue weighted by atomic mass is 19.3. The lowest BCUT2D eigenvalue weighted by molar-refractivity contribution is -0.152. The normalized spacial score (nSPS) is 20.2. The van der Waals surface area contributed by atoms with E-state index >= 15 is 0 Å². The first kappa shape index (κ1) is 12.8. The molecule has 1 aliphatic carbocycles. The van der Waals surface area contributed by atoms with Gasteiger partial charge in [-0.3, -0.25) is 9.78 Å². The average molecular weight is 281 g/mol. The van der Waals surface area contributed by atoms with Gasteiger partial charge in [0, 0.05) is 17.7 Å². The summed E-state index contributed by atoms with van der Waals surface area (Å²) in [5.41, 5.74) is -1.33. The number of alkyl halides is 4. The van der Waals surface area contributed by atoms with E-state index in [2.05, 4.69) is 4.98 Å². The maximum Gasteiger partial charge on any atom is 0.339 e. The van der Waals surface area contributed by atoms with Crippen molar-refractivity contribution < 1.29 is 22.4 Å². The van der Waals surface area contributed by atoms with Crippen molar-refractivity contribution in [1.29, 1.82) is 0 Å². The molecule has 6 heteroatoms. The van der Waals surface area contributed by atoms with Crippen molar-refractivity contribution in [3.63, 3.8) is 0 Å². The second-order valence-corrected chi connectivity index (χ2v) is 4.47. The van der Waals surface area contributed by atoms with Gasteiger partial charge in [0.05, 0.1) is 11.3 Å². The molecule has 0 spiro atoms. The Morgan fingerprint density at radius 2 is 1.70 bits per heavy atom. The third-order valence-corrected chi connectivity index (χ3v) is 3.18. The van der Waals surface area contributed by atoms with Crippen molar-refractivity contribution in [3.05, 3.63) is 48.3 Å². The lowest BCUT2D eigenvalue weighted by atomic mass is 10.0. The molecule has 0 fully saturated rings. The Morgan fingerprint density at radius 1 is 1.00 bits per heavy atom. The van der Waals surface area contributed by atoms with Gasteiger partial charge in [0.15, 0.2) is 0 Å². The van der Waals surface area contributed by atoms with E-state index in [0.717, 1.165) is 0 Å². The number of rotatable bonds is 1. The van der Waals surface area contributed by atoms with Gasteiger partial charge in [-0.2, -0.15) is 17.6 Å². The van der Waals surface area contributed by atoms with Crippen LogP contribution in [-0.4, -0.2) is 22.6 Å². The van der Waals surface area contributed by atoms with Crippen molar-refractivity contribution in [2.24, 2.45) is 0 Å². The Morgan fingerprint density at radius 3 is 2.35 bits per heavy atom. The van der Waals surface area contributed by atoms with E-state index < -0.39 is 23.2 Å². The van der Waals surface area contributed by atoms with Crippen LogP contribution >= 0.6 is 0 Å². The molecular weight excluding hydrogens is 274 g/mol. The second-order valence-electron chi connectivity index (χ2n) is 4.47. The van der Waals surface area contributed by atoms with E-state index in [1.807, 2.05) is 0 Å². The molecule has 0 aliphatic heterocycles. The molecule has 3 rings (SSSR count). The third-order valence-electron chi connectivity index (χ3n) is 3.18. The second kappa shape index (κ2) is 3.88. The summed E-state index contributed by atoms with van der Waals surface area (Å²) < 4.78 is 54.0. The summed E-state index contributed by atoms with van der Waals surface area (Å²) in [6, 6.07) is 7.99. The fourth-order valence-corrected chi connectivity index (χ4v) is 2.22. The Bertz CT molecular complexity index is 746. The zero-order chi connectivity index (χ0) is 14.5. The minimum Gasteiger partial charge on any atom is -0.285 e. The number of pyridine rings is 1. The van der Waals surface area contributed by atoms with Crippen LogP contribution in [0, 0.1) is 0 Å². The summed E-state index contributed by atoms with van der Waals surface area (Å²) in [4.78, 5) is 14.8. The maximum absolute atomic E-state index is 13.8. The van der Waals surface area contributed by atoms with Crippen molar-refractivity contribution in [1.82, 2.24) is 4.98 Å². The Hall–Kier alpha value is -2.24. The van der Waals surface area contributed by atoms with Gasteiger partial charge in [-0.25, -0.2) is 0 Å². The number of nitrogens with zero attached hydrogens (tertiary/aromatic N) is 1. The summed E-state index contributed by atoms with van der Waals surface area (Å²) in [6.45, 7) is 0. The quantitative estimate of drug-likeness (QED) is 0.749. The van der Waals surface area contributed by atoms with Crippen molar-refractivity contribution >= 4 is 22.1 Å². The van der Waals surface area contributed by atoms with Crippen molar-refractivity contribution in [2.45, 2.75) is 11.8 Å². The topological polar surface area (TPSA) is 30.0 Å². The molecule has 0 amide bonds. The predicted octanol–water partition coefficient (Wildman–Crippen LogP) is 3.47. The van der Waals surface area contributed by atoms with Crippen LogP contribution in [0.15, 0.2) is 42.6 Å². The molecule has 20 heavy (non-hydrogen) atoms. The number of carbonyl (C=O) groups excluding carboxylic acids is 1. The van der Waals surface area contributed by atoms with E-state index in [9.17, 15) is 22.4 Å². The first-order chi connectivity index (χ1) is 9.34. The molecule has 2 nitrogen and oxygen atoms in total. The number of Topliss-reactive ketones (excluding diaryl/α,β-unsaturated/α-hetero) is 1. The molecule has 1 aromatic heterocycles. The van der Waals surface area contributed by atoms with E-state index in [-0.39, 0.29) is 11.8 Å². The maximum atomic E-state index is 13.8. The van der Waals surface area contributed by atoms with Crippen LogP contribution in [0.5, 0.6) is 0 Å². The Labute approximate surface area is 110 Å². The van der Waals surface area contributed by atoms with Crippen LogP contribution in [0.4, 0.5) is 17.6 Å². The highest BCUT2D eigenvalue weighted by molar-refractivity contribution is 6.12. The molecule has 1 aliphatic rings. The summed E-state index contributed by atoms with van der Waals surface area (Å²) in [5, 5.41) is 0.878. The van der Waals surface area contributed by atoms with Gasteiger partial charge in [-0.1, -0.05) is 24.3 Å². The van der Waals surface area contributed by atoms with Gasteiger partial charge in [0.1, 0.15) is 0 Å². The molecule has 0 atom stereocenters. The zero-order valence-corrected chi connectivity index (χ0v) is 9.91. The number of ketones is 1. The largest absolute Gasteiger partial charge is 0.339 e. The van der Waals surface area contributed by atoms with Crippen LogP contribution in [0.1, 0.15) is 5.69 Å². The number of fused-ring (bicyclic) bond motifs is 1. The highest BCUT2D eigenvalue weighted by Gasteiger charge is 2.62. The van der Waals surface area contributed by atoms with E-state index in [1.165, 1.54) is 12.3 Å². The molecule has 0 saturated heterocycles. The standard InChI is InChI=1S/C14H7F4NO/c15-13(16)7-10(14(17,18)12(13)20)11-9-4-2-1-3-8(9)5-6-19-11/h1-7H. The molecule has 0 saturated carbocycles. The number of allylic oxidation sites excluding steroid dienone is 2. The third kappa shape index (κ3) is 1.64. The molecule has 0 unspecified atom stereocenters. The van der Waals surface area contributed by atoms with E-state index in [0.29, 0.717) is 10.8 Å². The molecule has 0 radical (unpaired) electrons.